The zero-order valence-electron chi connectivity index (χ0n) is 9.27. The minimum absolute atomic E-state index is 0.117. The van der Waals surface area contributed by atoms with Crippen molar-refractivity contribution in [1.29, 1.82) is 0 Å². The molecule has 3 nitrogen and oxygen atoms in total. The van der Waals surface area contributed by atoms with Crippen LogP contribution in [0.25, 0.3) is 0 Å². The van der Waals surface area contributed by atoms with Crippen molar-refractivity contribution in [3.8, 4) is 0 Å². The fourth-order valence-electron chi connectivity index (χ4n) is 0.812. The first-order valence-corrected chi connectivity index (χ1v) is 4.70. The largest absolute Gasteiger partial charge is 0.480 e. The number of hydrogen-bond acceptors (Lipinski definition) is 2. The maximum absolute atomic E-state index is 10.9. The van der Waals surface area contributed by atoms with Gasteiger partial charge in [0, 0.05) is 6.54 Å². The van der Waals surface area contributed by atoms with Crippen molar-refractivity contribution in [1.82, 2.24) is 5.32 Å². The maximum Gasteiger partial charge on any atom is 0.323 e. The van der Waals surface area contributed by atoms with Gasteiger partial charge in [0.15, 0.2) is 0 Å². The first-order chi connectivity index (χ1) is 5.71. The Hall–Kier alpha value is -0.570. The van der Waals surface area contributed by atoms with E-state index < -0.39 is 11.5 Å². The van der Waals surface area contributed by atoms with Crippen LogP contribution in [0.15, 0.2) is 0 Å². The second kappa shape index (κ2) is 4.09. The van der Waals surface area contributed by atoms with Crippen LogP contribution < -0.4 is 5.32 Å². The van der Waals surface area contributed by atoms with Crippen LogP contribution in [-0.4, -0.2) is 23.2 Å². The Kier molecular flexibility index (Phi) is 3.91. The van der Waals surface area contributed by atoms with Crippen LogP contribution in [0.1, 0.15) is 41.0 Å². The highest BCUT2D eigenvalue weighted by Gasteiger charge is 2.31. The molecule has 0 rings (SSSR count). The zero-order valence-corrected chi connectivity index (χ0v) is 9.27. The van der Waals surface area contributed by atoms with E-state index in [4.69, 9.17) is 5.11 Å². The SMILES string of the molecule is CCC(C)(NCC(C)(C)C)C(=O)O. The Morgan fingerprint density at radius 2 is 1.77 bits per heavy atom. The van der Waals surface area contributed by atoms with Gasteiger partial charge in [-0.05, 0) is 18.8 Å². The number of carboxylic acid groups (broad SMARTS) is 1. The van der Waals surface area contributed by atoms with Gasteiger partial charge in [0.05, 0.1) is 0 Å². The Morgan fingerprint density at radius 3 is 2.00 bits per heavy atom. The van der Waals surface area contributed by atoms with Gasteiger partial charge in [-0.2, -0.15) is 0 Å². The highest BCUT2D eigenvalue weighted by Crippen LogP contribution is 2.15. The molecule has 0 aromatic carbocycles. The fraction of sp³-hybridized carbons (Fsp3) is 0.900. The molecule has 0 fully saturated rings. The molecule has 0 bridgehead atoms. The molecule has 0 aromatic rings. The van der Waals surface area contributed by atoms with Gasteiger partial charge in [-0.25, -0.2) is 0 Å². The van der Waals surface area contributed by atoms with Crippen LogP contribution in [0.2, 0.25) is 0 Å². The Labute approximate surface area is 80.5 Å². The van der Waals surface area contributed by atoms with Crippen molar-refractivity contribution >= 4 is 5.97 Å². The van der Waals surface area contributed by atoms with Crippen molar-refractivity contribution in [3.63, 3.8) is 0 Å². The lowest BCUT2D eigenvalue weighted by atomic mass is 9.93. The first-order valence-electron chi connectivity index (χ1n) is 4.70. The summed E-state index contributed by atoms with van der Waals surface area (Å²) in [5, 5.41) is 12.1. The average molecular weight is 187 g/mol. The van der Waals surface area contributed by atoms with Crippen molar-refractivity contribution in [2.75, 3.05) is 6.54 Å². The van der Waals surface area contributed by atoms with E-state index in [1.165, 1.54) is 0 Å². The number of rotatable bonds is 4. The lowest BCUT2D eigenvalue weighted by Crippen LogP contribution is -2.51. The number of aliphatic carboxylic acids is 1. The quantitative estimate of drug-likeness (QED) is 0.706. The molecule has 0 saturated heterocycles. The molecular weight excluding hydrogens is 166 g/mol. The maximum atomic E-state index is 10.9. The molecule has 0 aliphatic rings. The van der Waals surface area contributed by atoms with Gasteiger partial charge in [0.25, 0.3) is 0 Å². The summed E-state index contributed by atoms with van der Waals surface area (Å²) in [6.45, 7) is 10.6. The summed E-state index contributed by atoms with van der Waals surface area (Å²) in [5.41, 5.74) is -0.668. The molecule has 1 atom stereocenters. The summed E-state index contributed by atoms with van der Waals surface area (Å²) in [6.07, 6.45) is 0.596. The van der Waals surface area contributed by atoms with Gasteiger partial charge in [0.2, 0.25) is 0 Å². The molecule has 0 aliphatic carbocycles. The molecular formula is C10H21NO2. The third kappa shape index (κ3) is 4.27. The molecule has 2 N–H and O–H groups in total. The molecule has 0 aliphatic heterocycles. The summed E-state index contributed by atoms with van der Waals surface area (Å²) in [7, 11) is 0. The van der Waals surface area contributed by atoms with Crippen LogP contribution in [-0.2, 0) is 4.79 Å². The minimum Gasteiger partial charge on any atom is -0.480 e. The first kappa shape index (κ1) is 12.4. The second-order valence-corrected chi connectivity index (χ2v) is 4.91. The molecule has 78 valence electrons. The normalized spacial score (nSPS) is 16.7. The van der Waals surface area contributed by atoms with E-state index in [2.05, 4.69) is 26.1 Å². The summed E-state index contributed by atoms with van der Waals surface area (Å²) >= 11 is 0. The Bertz CT molecular complexity index is 184. The van der Waals surface area contributed by atoms with E-state index in [0.29, 0.717) is 13.0 Å². The molecule has 0 radical (unpaired) electrons. The second-order valence-electron chi connectivity index (χ2n) is 4.91. The van der Waals surface area contributed by atoms with E-state index in [1.807, 2.05) is 6.92 Å². The van der Waals surface area contributed by atoms with E-state index in [-0.39, 0.29) is 5.41 Å². The topological polar surface area (TPSA) is 49.3 Å². The summed E-state index contributed by atoms with van der Waals surface area (Å²) in [5.74, 6) is -0.778. The average Bonchev–Trinajstić information content (AvgIpc) is 1.98. The lowest BCUT2D eigenvalue weighted by molar-refractivity contribution is -0.144. The standard InChI is InChI=1S/C10H21NO2/c1-6-10(5,8(12)13)11-7-9(2,3)4/h11H,6-7H2,1-5H3,(H,12,13). The van der Waals surface area contributed by atoms with Crippen LogP contribution in [0.3, 0.4) is 0 Å². The van der Waals surface area contributed by atoms with Crippen LogP contribution in [0.4, 0.5) is 0 Å². The Morgan fingerprint density at radius 1 is 1.31 bits per heavy atom. The predicted octanol–water partition coefficient (Wildman–Crippen LogP) is 1.88. The van der Waals surface area contributed by atoms with E-state index >= 15 is 0 Å². The van der Waals surface area contributed by atoms with Crippen molar-refractivity contribution in [3.05, 3.63) is 0 Å². The van der Waals surface area contributed by atoms with Crippen molar-refractivity contribution < 1.29 is 9.90 Å². The smallest absolute Gasteiger partial charge is 0.323 e. The Balaban J connectivity index is 4.22. The zero-order chi connectivity index (χ0) is 10.7. The number of carboxylic acids is 1. The third-order valence-electron chi connectivity index (χ3n) is 2.19. The molecule has 0 spiro atoms. The number of nitrogens with one attached hydrogen (secondary N) is 1. The van der Waals surface area contributed by atoms with E-state index in [9.17, 15) is 4.79 Å². The summed E-state index contributed by atoms with van der Waals surface area (Å²) in [4.78, 5) is 10.9. The fourth-order valence-corrected chi connectivity index (χ4v) is 0.812. The lowest BCUT2D eigenvalue weighted by Gasteiger charge is -2.29. The van der Waals surface area contributed by atoms with Crippen LogP contribution in [0, 0.1) is 5.41 Å². The van der Waals surface area contributed by atoms with Gasteiger partial charge in [-0.3, -0.25) is 4.79 Å². The van der Waals surface area contributed by atoms with Crippen molar-refractivity contribution in [2.24, 2.45) is 5.41 Å². The predicted molar refractivity (Wildman–Crippen MR) is 53.8 cm³/mol. The molecule has 1 unspecified atom stereocenters. The van der Waals surface area contributed by atoms with Crippen LogP contribution in [0.5, 0.6) is 0 Å². The number of carbonyl (C=O) groups is 1. The monoisotopic (exact) mass is 187 g/mol. The molecule has 0 saturated carbocycles. The van der Waals surface area contributed by atoms with Gasteiger partial charge < -0.3 is 10.4 Å². The minimum atomic E-state index is -0.784. The van der Waals surface area contributed by atoms with Gasteiger partial charge in [0.1, 0.15) is 5.54 Å². The van der Waals surface area contributed by atoms with E-state index in [0.717, 1.165) is 0 Å². The molecule has 13 heavy (non-hydrogen) atoms. The van der Waals surface area contributed by atoms with Gasteiger partial charge >= 0.3 is 5.97 Å². The van der Waals surface area contributed by atoms with Gasteiger partial charge in [-0.15, -0.1) is 0 Å². The van der Waals surface area contributed by atoms with Gasteiger partial charge in [-0.1, -0.05) is 27.7 Å². The highest BCUT2D eigenvalue weighted by atomic mass is 16.4. The molecule has 0 amide bonds. The third-order valence-corrected chi connectivity index (χ3v) is 2.19. The van der Waals surface area contributed by atoms with Crippen LogP contribution >= 0.6 is 0 Å². The number of hydrogen-bond donors (Lipinski definition) is 2. The molecule has 3 heteroatoms. The highest BCUT2D eigenvalue weighted by molar-refractivity contribution is 5.78. The summed E-state index contributed by atoms with van der Waals surface area (Å²) in [6, 6.07) is 0. The molecule has 0 aromatic heterocycles. The van der Waals surface area contributed by atoms with Crippen molar-refractivity contribution in [2.45, 2.75) is 46.6 Å². The van der Waals surface area contributed by atoms with E-state index in [1.54, 1.807) is 6.92 Å². The summed E-state index contributed by atoms with van der Waals surface area (Å²) < 4.78 is 0. The molecule has 0 heterocycles.